The second kappa shape index (κ2) is 11.5. The zero-order valence-electron chi connectivity index (χ0n) is 18.8. The molecule has 0 radical (unpaired) electrons. The number of hydrogen-bond acceptors (Lipinski definition) is 5. The van der Waals surface area contributed by atoms with Crippen LogP contribution in [0.25, 0.3) is 10.8 Å². The Morgan fingerprint density at radius 3 is 2.49 bits per heavy atom. The molecule has 0 aliphatic heterocycles. The number of nitrogens with zero attached hydrogens (tertiary/aromatic N) is 1. The molecule has 4 rings (SSSR count). The van der Waals surface area contributed by atoms with Crippen LogP contribution in [0.2, 0.25) is 0 Å². The highest BCUT2D eigenvalue weighted by atomic mass is 127. The van der Waals surface area contributed by atoms with E-state index in [1.54, 1.807) is 18.2 Å². The van der Waals surface area contributed by atoms with Crippen LogP contribution in [0, 0.1) is 3.57 Å². The Morgan fingerprint density at radius 2 is 1.77 bits per heavy atom. The van der Waals surface area contributed by atoms with Gasteiger partial charge in [-0.15, -0.1) is 0 Å². The summed E-state index contributed by atoms with van der Waals surface area (Å²) in [6.45, 7) is 2.76. The molecule has 0 heterocycles. The van der Waals surface area contributed by atoms with E-state index in [0.717, 1.165) is 19.9 Å². The molecule has 0 fully saturated rings. The zero-order chi connectivity index (χ0) is 24.8. The number of ether oxygens (including phenoxy) is 2. The molecule has 0 unspecified atom stereocenters. The summed E-state index contributed by atoms with van der Waals surface area (Å²) in [4.78, 5) is 12.6. The van der Waals surface area contributed by atoms with Gasteiger partial charge in [0.1, 0.15) is 12.4 Å². The molecular formula is C27H22BrIN2O4. The number of nitrogens with one attached hydrogen (secondary N) is 1. The molecule has 0 atom stereocenters. The van der Waals surface area contributed by atoms with Crippen LogP contribution >= 0.6 is 38.5 Å². The molecule has 8 heteroatoms. The number of aromatic hydroxyl groups is 1. The molecule has 178 valence electrons. The first-order valence-electron chi connectivity index (χ1n) is 10.8. The van der Waals surface area contributed by atoms with Crippen molar-refractivity contribution in [3.63, 3.8) is 0 Å². The van der Waals surface area contributed by atoms with Crippen molar-refractivity contribution in [2.45, 2.75) is 13.5 Å². The summed E-state index contributed by atoms with van der Waals surface area (Å²) >= 11 is 5.82. The van der Waals surface area contributed by atoms with Gasteiger partial charge in [-0.25, -0.2) is 5.43 Å². The van der Waals surface area contributed by atoms with E-state index in [4.69, 9.17) is 9.47 Å². The number of benzene rings is 4. The third kappa shape index (κ3) is 6.32. The monoisotopic (exact) mass is 644 g/mol. The summed E-state index contributed by atoms with van der Waals surface area (Å²) in [5.74, 6) is 0.540. The number of rotatable bonds is 8. The number of carbonyl (C=O) groups is 1. The summed E-state index contributed by atoms with van der Waals surface area (Å²) in [5, 5.41) is 16.0. The van der Waals surface area contributed by atoms with Gasteiger partial charge in [0.15, 0.2) is 11.5 Å². The minimum absolute atomic E-state index is 0.104. The highest BCUT2D eigenvalue weighted by Crippen LogP contribution is 2.37. The van der Waals surface area contributed by atoms with Crippen molar-refractivity contribution in [2.24, 2.45) is 5.10 Å². The molecule has 1 amide bonds. The number of hydrazone groups is 1. The number of amides is 1. The van der Waals surface area contributed by atoms with Crippen molar-refractivity contribution in [3.8, 4) is 17.2 Å². The third-order valence-corrected chi connectivity index (χ3v) is 6.42. The van der Waals surface area contributed by atoms with Gasteiger partial charge in [0, 0.05) is 3.57 Å². The minimum Gasteiger partial charge on any atom is -0.507 e. The normalized spacial score (nSPS) is 11.1. The summed E-state index contributed by atoms with van der Waals surface area (Å²) in [7, 11) is 0. The maximum Gasteiger partial charge on any atom is 0.275 e. The van der Waals surface area contributed by atoms with Crippen LogP contribution in [-0.2, 0) is 6.61 Å². The van der Waals surface area contributed by atoms with Crippen LogP contribution in [0.15, 0.2) is 82.4 Å². The average Bonchev–Trinajstić information content (AvgIpc) is 2.84. The van der Waals surface area contributed by atoms with Gasteiger partial charge in [-0.05, 0) is 104 Å². The van der Waals surface area contributed by atoms with E-state index in [2.05, 4.69) is 49.0 Å². The molecule has 2 N–H and O–H groups in total. The lowest BCUT2D eigenvalue weighted by molar-refractivity contribution is 0.0952. The van der Waals surface area contributed by atoms with Crippen LogP contribution in [-0.4, -0.2) is 23.8 Å². The second-order valence-corrected chi connectivity index (χ2v) is 9.69. The lowest BCUT2D eigenvalue weighted by Crippen LogP contribution is -2.17. The average molecular weight is 645 g/mol. The number of halogens is 2. The van der Waals surface area contributed by atoms with Crippen LogP contribution in [0.3, 0.4) is 0 Å². The summed E-state index contributed by atoms with van der Waals surface area (Å²) < 4.78 is 13.7. The number of carbonyl (C=O) groups excluding carboxylic acids is 1. The Morgan fingerprint density at radius 1 is 1.06 bits per heavy atom. The summed E-state index contributed by atoms with van der Waals surface area (Å²) in [6, 6.07) is 22.4. The van der Waals surface area contributed by atoms with Gasteiger partial charge in [-0.1, -0.05) is 36.4 Å². The lowest BCUT2D eigenvalue weighted by atomic mass is 10.1. The summed E-state index contributed by atoms with van der Waals surface area (Å²) in [6.07, 6.45) is 1.51. The topological polar surface area (TPSA) is 80.2 Å². The van der Waals surface area contributed by atoms with Crippen molar-refractivity contribution in [3.05, 3.63) is 97.5 Å². The molecule has 0 saturated carbocycles. The van der Waals surface area contributed by atoms with E-state index in [0.29, 0.717) is 34.7 Å². The number of fused-ring (bicyclic) bond motifs is 1. The van der Waals surface area contributed by atoms with Gasteiger partial charge in [0.25, 0.3) is 5.91 Å². The Hall–Kier alpha value is -3.11. The van der Waals surface area contributed by atoms with E-state index >= 15 is 0 Å². The van der Waals surface area contributed by atoms with Gasteiger partial charge in [0.2, 0.25) is 0 Å². The molecule has 4 aromatic carbocycles. The van der Waals surface area contributed by atoms with Crippen molar-refractivity contribution >= 4 is 61.4 Å². The van der Waals surface area contributed by atoms with Gasteiger partial charge < -0.3 is 14.6 Å². The molecular weight excluding hydrogens is 623 g/mol. The van der Waals surface area contributed by atoms with Gasteiger partial charge in [0.05, 0.1) is 22.9 Å². The van der Waals surface area contributed by atoms with Gasteiger partial charge >= 0.3 is 0 Å². The van der Waals surface area contributed by atoms with E-state index in [1.807, 2.05) is 61.5 Å². The fourth-order valence-corrected chi connectivity index (χ4v) is 4.37. The minimum atomic E-state index is -0.508. The van der Waals surface area contributed by atoms with Crippen LogP contribution in [0.4, 0.5) is 0 Å². The molecule has 35 heavy (non-hydrogen) atoms. The van der Waals surface area contributed by atoms with Crippen LogP contribution in [0.5, 0.6) is 17.2 Å². The summed E-state index contributed by atoms with van der Waals surface area (Å²) in [5.41, 5.74) is 4.37. The molecule has 0 bridgehead atoms. The molecule has 4 aromatic rings. The van der Waals surface area contributed by atoms with Gasteiger partial charge in [-0.2, -0.15) is 5.10 Å². The molecule has 0 aliphatic rings. The van der Waals surface area contributed by atoms with E-state index in [9.17, 15) is 9.90 Å². The van der Waals surface area contributed by atoms with Crippen molar-refractivity contribution in [1.29, 1.82) is 0 Å². The fraction of sp³-hybridized carbons (Fsp3) is 0.111. The van der Waals surface area contributed by atoms with Crippen LogP contribution < -0.4 is 14.9 Å². The number of phenols is 1. The van der Waals surface area contributed by atoms with Crippen molar-refractivity contribution < 1.29 is 19.4 Å². The van der Waals surface area contributed by atoms with E-state index in [1.165, 1.54) is 6.21 Å². The Balaban J connectivity index is 1.48. The maximum absolute atomic E-state index is 12.6. The molecule has 0 aliphatic carbocycles. The van der Waals surface area contributed by atoms with E-state index in [-0.39, 0.29) is 11.3 Å². The number of hydrogen-bond donors (Lipinski definition) is 2. The van der Waals surface area contributed by atoms with Crippen molar-refractivity contribution in [2.75, 3.05) is 6.61 Å². The lowest BCUT2D eigenvalue weighted by Gasteiger charge is -2.14. The second-order valence-electron chi connectivity index (χ2n) is 7.59. The smallest absolute Gasteiger partial charge is 0.275 e. The first kappa shape index (κ1) is 25.0. The maximum atomic E-state index is 12.6. The molecule has 0 aromatic heterocycles. The first-order valence-corrected chi connectivity index (χ1v) is 12.7. The Labute approximate surface area is 225 Å². The third-order valence-electron chi connectivity index (χ3n) is 5.12. The first-order chi connectivity index (χ1) is 16.9. The largest absolute Gasteiger partial charge is 0.507 e. The predicted molar refractivity (Wildman–Crippen MR) is 149 cm³/mol. The van der Waals surface area contributed by atoms with Crippen molar-refractivity contribution in [1.82, 2.24) is 5.43 Å². The Bertz CT molecular complexity index is 1390. The molecule has 0 spiro atoms. The number of phenolic OH excluding ortho intramolecular Hbond substituents is 1. The highest BCUT2D eigenvalue weighted by molar-refractivity contribution is 14.1. The fourth-order valence-electron chi connectivity index (χ4n) is 3.44. The zero-order valence-corrected chi connectivity index (χ0v) is 22.5. The Kier molecular flexibility index (Phi) is 8.25. The predicted octanol–water partition coefficient (Wildman–Crippen LogP) is 6.65. The van der Waals surface area contributed by atoms with Crippen LogP contribution in [0.1, 0.15) is 28.4 Å². The quantitative estimate of drug-likeness (QED) is 0.128. The highest BCUT2D eigenvalue weighted by Gasteiger charge is 2.14. The standard InChI is InChI=1S/C27H22BrIN2O4/c1-2-34-25-12-18(11-23(28)26(25)35-16-17-7-9-21(29)10-8-17)15-30-31-27(33)22-13-19-5-3-4-6-20(19)14-24(22)32/h3-15,32H,2,16H2,1H3,(H,31,33). The SMILES string of the molecule is CCOc1cc(C=NNC(=O)c2cc3ccccc3cc2O)cc(Br)c1OCc1ccc(I)cc1. The molecule has 6 nitrogen and oxygen atoms in total. The van der Waals surface area contributed by atoms with Gasteiger partial charge in [-0.3, -0.25) is 4.79 Å². The van der Waals surface area contributed by atoms with E-state index < -0.39 is 5.91 Å². The molecule has 0 saturated heterocycles.